The largest absolute Gasteiger partial charge is 0.505 e. The summed E-state index contributed by atoms with van der Waals surface area (Å²) in [6, 6.07) is 4.38. The molecule has 1 saturated carbocycles. The molecule has 0 amide bonds. The van der Waals surface area contributed by atoms with Crippen LogP contribution < -0.4 is 0 Å². The number of hydrogen-bond acceptors (Lipinski definition) is 2. The van der Waals surface area contributed by atoms with Crippen molar-refractivity contribution in [2.45, 2.75) is 24.9 Å². The van der Waals surface area contributed by atoms with Crippen LogP contribution in [-0.2, 0) is 6.42 Å². The highest BCUT2D eigenvalue weighted by Gasteiger charge is 2.40. The van der Waals surface area contributed by atoms with Gasteiger partial charge in [0.15, 0.2) is 11.6 Å². The van der Waals surface area contributed by atoms with E-state index in [1.165, 1.54) is 12.1 Å². The van der Waals surface area contributed by atoms with E-state index in [9.17, 15) is 14.6 Å². The molecule has 2 nitrogen and oxygen atoms in total. The number of aliphatic hydroxyl groups is 1. The molecular weight excluding hydrogens is 171 g/mol. The van der Waals surface area contributed by atoms with Gasteiger partial charge in [-0.1, -0.05) is 12.1 Å². The predicted molar refractivity (Wildman–Crippen MR) is 46.0 cm³/mol. The van der Waals surface area contributed by atoms with Crippen molar-refractivity contribution in [3.05, 3.63) is 29.6 Å². The van der Waals surface area contributed by atoms with E-state index in [1.54, 1.807) is 6.07 Å². The lowest BCUT2D eigenvalue weighted by atomic mass is 10.1. The van der Waals surface area contributed by atoms with E-state index in [-0.39, 0.29) is 5.75 Å². The SMILES string of the molecule is Oc1c(F)cccc1CC1(O)CC1. The van der Waals surface area contributed by atoms with E-state index in [0.717, 1.165) is 12.8 Å². The maximum atomic E-state index is 12.8. The molecule has 70 valence electrons. The van der Waals surface area contributed by atoms with Crippen molar-refractivity contribution >= 4 is 0 Å². The Morgan fingerprint density at radius 1 is 1.38 bits per heavy atom. The zero-order valence-electron chi connectivity index (χ0n) is 7.13. The van der Waals surface area contributed by atoms with Crippen LogP contribution in [0.4, 0.5) is 4.39 Å². The minimum absolute atomic E-state index is 0.331. The molecule has 0 aromatic heterocycles. The molecule has 1 aromatic carbocycles. The second-order valence-electron chi connectivity index (χ2n) is 3.65. The lowest BCUT2D eigenvalue weighted by Crippen LogP contribution is -2.10. The Hall–Kier alpha value is -1.09. The summed E-state index contributed by atoms with van der Waals surface area (Å²) in [6.45, 7) is 0. The van der Waals surface area contributed by atoms with Crippen LogP contribution in [0.5, 0.6) is 5.75 Å². The highest BCUT2D eigenvalue weighted by atomic mass is 19.1. The standard InChI is InChI=1S/C10H11FO2/c11-8-3-1-2-7(9(8)12)6-10(13)4-5-10/h1-3,12-13H,4-6H2. The van der Waals surface area contributed by atoms with Gasteiger partial charge in [0.2, 0.25) is 0 Å². The molecule has 2 rings (SSSR count). The van der Waals surface area contributed by atoms with Crippen molar-refractivity contribution in [1.82, 2.24) is 0 Å². The van der Waals surface area contributed by atoms with E-state index in [1.807, 2.05) is 0 Å². The third kappa shape index (κ3) is 1.65. The molecule has 3 heteroatoms. The molecule has 0 spiro atoms. The van der Waals surface area contributed by atoms with E-state index >= 15 is 0 Å². The van der Waals surface area contributed by atoms with E-state index in [4.69, 9.17) is 0 Å². The van der Waals surface area contributed by atoms with Crippen molar-refractivity contribution in [2.24, 2.45) is 0 Å². The second kappa shape index (κ2) is 2.70. The summed E-state index contributed by atoms with van der Waals surface area (Å²) in [7, 11) is 0. The number of phenols is 1. The molecule has 0 bridgehead atoms. The molecule has 1 aliphatic carbocycles. The van der Waals surface area contributed by atoms with Gasteiger partial charge in [-0.05, 0) is 24.5 Å². The summed E-state index contributed by atoms with van der Waals surface area (Å²) in [4.78, 5) is 0. The van der Waals surface area contributed by atoms with Crippen LogP contribution in [0.25, 0.3) is 0 Å². The summed E-state index contributed by atoms with van der Waals surface area (Å²) in [5, 5.41) is 18.9. The van der Waals surface area contributed by atoms with Crippen LogP contribution in [0.2, 0.25) is 0 Å². The van der Waals surface area contributed by atoms with Crippen molar-refractivity contribution in [3.63, 3.8) is 0 Å². The summed E-state index contributed by atoms with van der Waals surface area (Å²) < 4.78 is 12.8. The fraction of sp³-hybridized carbons (Fsp3) is 0.400. The third-order valence-corrected chi connectivity index (χ3v) is 2.42. The van der Waals surface area contributed by atoms with Gasteiger partial charge >= 0.3 is 0 Å². The van der Waals surface area contributed by atoms with Gasteiger partial charge in [0.25, 0.3) is 0 Å². The number of halogens is 1. The number of para-hydroxylation sites is 1. The summed E-state index contributed by atoms with van der Waals surface area (Å²) >= 11 is 0. The van der Waals surface area contributed by atoms with Gasteiger partial charge in [0.1, 0.15) is 0 Å². The first-order valence-corrected chi connectivity index (χ1v) is 4.29. The third-order valence-electron chi connectivity index (χ3n) is 2.42. The van der Waals surface area contributed by atoms with Gasteiger partial charge in [-0.15, -0.1) is 0 Å². The number of phenolic OH excluding ortho intramolecular Hbond substituents is 1. The van der Waals surface area contributed by atoms with Gasteiger partial charge in [0, 0.05) is 6.42 Å². The fourth-order valence-electron chi connectivity index (χ4n) is 1.38. The normalized spacial score (nSPS) is 18.6. The van der Waals surface area contributed by atoms with E-state index in [0.29, 0.717) is 12.0 Å². The Kier molecular flexibility index (Phi) is 1.77. The molecular formula is C10H11FO2. The summed E-state index contributed by atoms with van der Waals surface area (Å²) in [5.41, 5.74) is -0.203. The minimum Gasteiger partial charge on any atom is -0.505 e. The zero-order valence-corrected chi connectivity index (χ0v) is 7.13. The number of benzene rings is 1. The van der Waals surface area contributed by atoms with Crippen molar-refractivity contribution in [3.8, 4) is 5.75 Å². The van der Waals surface area contributed by atoms with Crippen LogP contribution in [0, 0.1) is 5.82 Å². The molecule has 1 aliphatic rings. The number of hydrogen-bond donors (Lipinski definition) is 2. The Bertz CT molecular complexity index is 332. The smallest absolute Gasteiger partial charge is 0.165 e. The first-order chi connectivity index (χ1) is 6.11. The van der Waals surface area contributed by atoms with Crippen LogP contribution in [0.1, 0.15) is 18.4 Å². The molecule has 1 fully saturated rings. The Labute approximate surface area is 75.6 Å². The minimum atomic E-state index is -0.689. The maximum absolute atomic E-state index is 12.8. The monoisotopic (exact) mass is 182 g/mol. The van der Waals surface area contributed by atoms with Gasteiger partial charge in [-0.3, -0.25) is 0 Å². The van der Waals surface area contributed by atoms with Gasteiger partial charge < -0.3 is 10.2 Å². The zero-order chi connectivity index (χ0) is 9.47. The van der Waals surface area contributed by atoms with E-state index in [2.05, 4.69) is 0 Å². The molecule has 0 saturated heterocycles. The fourth-order valence-corrected chi connectivity index (χ4v) is 1.38. The van der Waals surface area contributed by atoms with Crippen molar-refractivity contribution in [2.75, 3.05) is 0 Å². The van der Waals surface area contributed by atoms with Gasteiger partial charge in [0.05, 0.1) is 5.60 Å². The Balaban J connectivity index is 2.25. The van der Waals surface area contributed by atoms with Crippen molar-refractivity contribution in [1.29, 1.82) is 0 Å². The molecule has 2 N–H and O–H groups in total. The molecule has 1 aromatic rings. The predicted octanol–water partition coefficient (Wildman–Crippen LogP) is 1.60. The quantitative estimate of drug-likeness (QED) is 0.729. The highest BCUT2D eigenvalue weighted by Crippen LogP contribution is 2.40. The summed E-state index contributed by atoms with van der Waals surface area (Å²) in [6.07, 6.45) is 1.82. The van der Waals surface area contributed by atoms with Gasteiger partial charge in [-0.25, -0.2) is 4.39 Å². The average Bonchev–Trinajstić information content (AvgIpc) is 2.78. The molecule has 0 heterocycles. The van der Waals surface area contributed by atoms with Crippen molar-refractivity contribution < 1.29 is 14.6 Å². The highest BCUT2D eigenvalue weighted by molar-refractivity contribution is 5.35. The van der Waals surface area contributed by atoms with Crippen LogP contribution in [0.3, 0.4) is 0 Å². The Morgan fingerprint density at radius 2 is 2.08 bits per heavy atom. The number of aromatic hydroxyl groups is 1. The molecule has 0 unspecified atom stereocenters. The van der Waals surface area contributed by atoms with Crippen LogP contribution in [0.15, 0.2) is 18.2 Å². The lowest BCUT2D eigenvalue weighted by Gasteiger charge is -2.09. The average molecular weight is 182 g/mol. The molecule has 13 heavy (non-hydrogen) atoms. The van der Waals surface area contributed by atoms with Crippen LogP contribution in [-0.4, -0.2) is 15.8 Å². The van der Waals surface area contributed by atoms with E-state index < -0.39 is 11.4 Å². The Morgan fingerprint density at radius 3 is 2.69 bits per heavy atom. The lowest BCUT2D eigenvalue weighted by molar-refractivity contribution is 0.149. The molecule has 0 aliphatic heterocycles. The molecule has 0 atom stereocenters. The number of rotatable bonds is 2. The topological polar surface area (TPSA) is 40.5 Å². The van der Waals surface area contributed by atoms with Crippen LogP contribution >= 0.6 is 0 Å². The second-order valence-corrected chi connectivity index (χ2v) is 3.65. The first kappa shape index (κ1) is 8.51. The first-order valence-electron chi connectivity index (χ1n) is 4.29. The molecule has 0 radical (unpaired) electrons. The summed E-state index contributed by atoms with van der Waals surface area (Å²) in [5.74, 6) is -0.954. The maximum Gasteiger partial charge on any atom is 0.165 e. The van der Waals surface area contributed by atoms with Gasteiger partial charge in [-0.2, -0.15) is 0 Å².